The predicted octanol–water partition coefficient (Wildman–Crippen LogP) is -1.89. The van der Waals surface area contributed by atoms with Crippen molar-refractivity contribution in [2.45, 2.75) is 217 Å². The molecule has 0 aromatic carbocycles. The molecule has 0 aromatic heterocycles. The van der Waals surface area contributed by atoms with Crippen molar-refractivity contribution in [3.05, 3.63) is 23.3 Å². The Labute approximate surface area is 442 Å². The van der Waals surface area contributed by atoms with Crippen molar-refractivity contribution in [1.82, 2.24) is 0 Å². The Morgan fingerprint density at radius 1 is 0.684 bits per heavy atom. The summed E-state index contributed by atoms with van der Waals surface area (Å²) in [6.45, 7) is 12.9. The van der Waals surface area contributed by atoms with Crippen molar-refractivity contribution >= 4 is 11.9 Å². The van der Waals surface area contributed by atoms with Crippen LogP contribution in [0.3, 0.4) is 0 Å². The van der Waals surface area contributed by atoms with E-state index >= 15 is 0 Å². The maximum absolute atomic E-state index is 13.2. The molecule has 14 N–H and O–H groups in total. The molecule has 0 spiro atoms. The van der Waals surface area contributed by atoms with Crippen molar-refractivity contribution in [1.29, 1.82) is 0 Å². The number of hydrogen-bond donors (Lipinski definition) is 14. The van der Waals surface area contributed by atoms with Gasteiger partial charge in [-0.3, -0.25) is 0 Å². The highest BCUT2D eigenvalue weighted by Gasteiger charge is 2.73. The Kier molecular flexibility index (Phi) is 16.9. The van der Waals surface area contributed by atoms with E-state index in [4.69, 9.17) is 33.2 Å². The molecule has 8 aliphatic rings. The van der Waals surface area contributed by atoms with Crippen LogP contribution < -0.4 is 0 Å². The standard InChI is InChI=1S/C53H84O23/c1-9-22(2)44(69)76-42-41(66)53(21-57)24(16-48(42,3)4)23-10-11-28-49(5)14-13-30(50(6,20-56)27(49)12-15-51(28,7)52(23,8)17-29(53)58)72-47-39(74-46-36(64)34(62)32(60)26(19-55)71-46)37(65)38(40(75-47)43(67)68)73-45-35(63)33(61)31(59)25(18-54)70-45/h9-10,24-42,45-47,54-66H,11-21H2,1-8H3,(H,67,68)/t24-,25+,26+,27?,28?,29+,30-,31+,32+,33-,34-,35+,36+,37-,38?,39+,40-,41-,42-,45-,46-,47+,49-,50+,51+,52+,53-/m0/s1. The van der Waals surface area contributed by atoms with E-state index in [2.05, 4.69) is 26.8 Å². The maximum Gasteiger partial charge on any atom is 0.335 e. The summed E-state index contributed by atoms with van der Waals surface area (Å²) in [6, 6.07) is 0. The normalized spacial score (nSPS) is 52.3. The lowest BCUT2D eigenvalue weighted by atomic mass is 9.33. The van der Waals surface area contributed by atoms with Gasteiger partial charge in [0.1, 0.15) is 79.4 Å². The zero-order valence-corrected chi connectivity index (χ0v) is 44.6. The molecule has 3 unspecified atom stereocenters. The molecule has 23 nitrogen and oxygen atoms in total. The van der Waals surface area contributed by atoms with E-state index in [9.17, 15) is 81.1 Å². The van der Waals surface area contributed by atoms with E-state index in [0.29, 0.717) is 37.7 Å². The summed E-state index contributed by atoms with van der Waals surface area (Å²) >= 11 is 0. The van der Waals surface area contributed by atoms with Gasteiger partial charge in [-0.25, -0.2) is 9.59 Å². The fourth-order valence-electron chi connectivity index (χ4n) is 15.9. The molecule has 4 saturated carbocycles. The molecule has 434 valence electrons. The summed E-state index contributed by atoms with van der Waals surface area (Å²) in [5, 5.41) is 155. The smallest absolute Gasteiger partial charge is 0.335 e. The average molecular weight is 1090 g/mol. The minimum atomic E-state index is -2.16. The molecule has 3 aliphatic heterocycles. The van der Waals surface area contributed by atoms with Crippen molar-refractivity contribution < 1.29 is 114 Å². The number of carboxylic acid groups (broad SMARTS) is 1. The number of rotatable bonds is 13. The van der Waals surface area contributed by atoms with Crippen molar-refractivity contribution in [2.24, 2.45) is 50.2 Å². The number of esters is 1. The number of allylic oxidation sites excluding steroid dienone is 3. The molecule has 3 saturated heterocycles. The third-order valence-corrected chi connectivity index (χ3v) is 20.8. The van der Waals surface area contributed by atoms with Crippen molar-refractivity contribution in [3.63, 3.8) is 0 Å². The minimum Gasteiger partial charge on any atom is -0.479 e. The molecule has 0 radical (unpaired) electrons. The molecular weight excluding hydrogens is 1000 g/mol. The zero-order chi connectivity index (χ0) is 56.2. The van der Waals surface area contributed by atoms with E-state index < -0.39 is 193 Å². The second-order valence-corrected chi connectivity index (χ2v) is 24.9. The Morgan fingerprint density at radius 2 is 1.26 bits per heavy atom. The molecule has 0 bridgehead atoms. The Hall–Kier alpha value is -2.34. The molecule has 5 aliphatic carbocycles. The molecule has 3 heterocycles. The Balaban J connectivity index is 1.10. The zero-order valence-electron chi connectivity index (χ0n) is 44.6. The number of carboxylic acids is 1. The molecule has 76 heavy (non-hydrogen) atoms. The van der Waals surface area contributed by atoms with E-state index in [1.165, 1.54) is 0 Å². The van der Waals surface area contributed by atoms with Gasteiger partial charge in [-0.15, -0.1) is 0 Å². The van der Waals surface area contributed by atoms with Gasteiger partial charge >= 0.3 is 11.9 Å². The highest BCUT2D eigenvalue weighted by molar-refractivity contribution is 5.87. The van der Waals surface area contributed by atoms with E-state index in [0.717, 1.165) is 5.57 Å². The third-order valence-electron chi connectivity index (χ3n) is 20.8. The molecule has 0 amide bonds. The van der Waals surface area contributed by atoms with Crippen LogP contribution in [0.25, 0.3) is 0 Å². The van der Waals surface area contributed by atoms with Gasteiger partial charge in [-0.05, 0) is 92.8 Å². The van der Waals surface area contributed by atoms with Gasteiger partial charge in [0.15, 0.2) is 25.0 Å². The van der Waals surface area contributed by atoms with Gasteiger partial charge in [-0.2, -0.15) is 0 Å². The fraction of sp³-hybridized carbons (Fsp3) is 0.887. The van der Waals surface area contributed by atoms with Gasteiger partial charge in [0, 0.05) is 16.4 Å². The maximum atomic E-state index is 13.2. The van der Waals surface area contributed by atoms with Crippen LogP contribution in [0.2, 0.25) is 0 Å². The van der Waals surface area contributed by atoms with Gasteiger partial charge < -0.3 is 105 Å². The number of aliphatic hydroxyl groups excluding tert-OH is 13. The van der Waals surface area contributed by atoms with Gasteiger partial charge in [0.05, 0.1) is 44.1 Å². The summed E-state index contributed by atoms with van der Waals surface area (Å²) in [4.78, 5) is 26.2. The first-order valence-electron chi connectivity index (χ1n) is 26.8. The monoisotopic (exact) mass is 1090 g/mol. The number of fused-ring (bicyclic) bond motifs is 7. The van der Waals surface area contributed by atoms with Crippen LogP contribution in [0.1, 0.15) is 100 Å². The minimum absolute atomic E-state index is 0.0566. The quantitative estimate of drug-likeness (QED) is 0.0415. The first kappa shape index (κ1) is 59.8. The second-order valence-electron chi connectivity index (χ2n) is 24.9. The van der Waals surface area contributed by atoms with Crippen LogP contribution in [0, 0.1) is 50.2 Å². The number of hydrogen-bond acceptors (Lipinski definition) is 22. The lowest BCUT2D eigenvalue weighted by Crippen LogP contribution is -2.72. The fourth-order valence-corrected chi connectivity index (χ4v) is 15.9. The van der Waals surface area contributed by atoms with E-state index in [1.54, 1.807) is 19.9 Å². The van der Waals surface area contributed by atoms with Gasteiger partial charge in [-0.1, -0.05) is 59.3 Å². The largest absolute Gasteiger partial charge is 0.479 e. The topological polar surface area (TPSA) is 382 Å². The Morgan fingerprint density at radius 3 is 1.79 bits per heavy atom. The van der Waals surface area contributed by atoms with E-state index in [1.807, 2.05) is 20.8 Å². The SMILES string of the molecule is CC=C(C)C(=O)O[C@H]1[C@H](O)[C@]2(CO)[C@H](O)C[C@]3(C)C(=CCC4[C@@]5(C)CC[C@H](O[C@@H]6O[C@H](C(=O)O)C(O[C@@H]7O[C@H](CO)[C@@H](O)[C@H](O)[C@H]7O)[C@H](O)[C@H]6O[C@@H]6O[C@H](CO)[C@@H](O)[C@H](O)[C@H]6O)[C@](C)(CO)C5CC[C@]43C)[C@@H]2CC1(C)C. The highest BCUT2D eigenvalue weighted by Crippen LogP contribution is 2.76. The number of ether oxygens (including phenoxy) is 7. The first-order valence-corrected chi connectivity index (χ1v) is 26.8. The molecule has 7 fully saturated rings. The Bertz CT molecular complexity index is 2170. The van der Waals surface area contributed by atoms with Gasteiger partial charge in [0.2, 0.25) is 0 Å². The summed E-state index contributed by atoms with van der Waals surface area (Å²) in [6.07, 6.45) is -26.3. The van der Waals surface area contributed by atoms with Gasteiger partial charge in [0.25, 0.3) is 0 Å². The second kappa shape index (κ2) is 21.5. The molecule has 27 atom stereocenters. The first-order chi connectivity index (χ1) is 35.5. The molecule has 23 heteroatoms. The number of aliphatic carboxylic acids is 1. The number of carbonyl (C=O) groups excluding carboxylic acids is 1. The van der Waals surface area contributed by atoms with Crippen molar-refractivity contribution in [3.8, 4) is 0 Å². The summed E-state index contributed by atoms with van der Waals surface area (Å²) in [5.74, 6) is -3.12. The molecular formula is C53H84O23. The van der Waals surface area contributed by atoms with Crippen LogP contribution in [0.15, 0.2) is 23.3 Å². The summed E-state index contributed by atoms with van der Waals surface area (Å²) < 4.78 is 41.9. The molecule has 0 aromatic rings. The van der Waals surface area contributed by atoms with Crippen LogP contribution in [0.5, 0.6) is 0 Å². The van der Waals surface area contributed by atoms with Crippen LogP contribution in [0.4, 0.5) is 0 Å². The average Bonchev–Trinajstić information content (AvgIpc) is 3.58. The van der Waals surface area contributed by atoms with Crippen LogP contribution >= 0.6 is 0 Å². The summed E-state index contributed by atoms with van der Waals surface area (Å²) in [5.41, 5.74) is -3.57. The van der Waals surface area contributed by atoms with Crippen LogP contribution in [-0.2, 0) is 42.7 Å². The third kappa shape index (κ3) is 9.16. The highest BCUT2D eigenvalue weighted by atomic mass is 16.8. The predicted molar refractivity (Wildman–Crippen MR) is 259 cm³/mol. The van der Waals surface area contributed by atoms with Crippen molar-refractivity contribution in [2.75, 3.05) is 26.4 Å². The molecule has 8 rings (SSSR count). The lowest BCUT2D eigenvalue weighted by molar-refractivity contribution is -0.392. The number of aliphatic hydroxyl groups is 13. The van der Waals surface area contributed by atoms with Crippen LogP contribution in [-0.4, -0.2) is 226 Å². The number of carbonyl (C=O) groups is 2. The van der Waals surface area contributed by atoms with E-state index in [-0.39, 0.29) is 24.7 Å². The summed E-state index contributed by atoms with van der Waals surface area (Å²) in [7, 11) is 0. The lowest BCUT2D eigenvalue weighted by Gasteiger charge is -2.72.